The molecule has 1 aliphatic heterocycles. The van der Waals surface area contributed by atoms with Crippen LogP contribution in [0.4, 0.5) is 0 Å². The molecule has 1 saturated heterocycles. The topological polar surface area (TPSA) is 29.5 Å². The minimum absolute atomic E-state index is 0.112. The van der Waals surface area contributed by atoms with Crippen LogP contribution in [-0.2, 0) is 9.63 Å². The predicted octanol–water partition coefficient (Wildman–Crippen LogP) is 0.949. The summed E-state index contributed by atoms with van der Waals surface area (Å²) in [7, 11) is 0. The lowest BCUT2D eigenvalue weighted by molar-refractivity contribution is -0.208. The largest absolute Gasteiger partial charge is 0.273 e. The van der Waals surface area contributed by atoms with Crippen LogP contribution in [0.3, 0.4) is 0 Å². The van der Waals surface area contributed by atoms with Crippen molar-refractivity contribution in [2.75, 3.05) is 6.61 Å². The maximum Gasteiger partial charge on any atom is 0.246 e. The lowest BCUT2D eigenvalue weighted by atomic mass is 10.2. The number of rotatable bonds is 1. The first kappa shape index (κ1) is 7.54. The maximum absolute atomic E-state index is 11.0. The Morgan fingerprint density at radius 3 is 2.70 bits per heavy atom. The first-order valence-electron chi connectivity index (χ1n) is 3.67. The third-order valence-electron chi connectivity index (χ3n) is 1.48. The molecular weight excluding hydrogens is 130 g/mol. The highest BCUT2D eigenvalue weighted by Crippen LogP contribution is 2.10. The van der Waals surface area contributed by atoms with E-state index in [1.807, 2.05) is 13.8 Å². The molecule has 0 aliphatic carbocycles. The van der Waals surface area contributed by atoms with Crippen LogP contribution in [0.2, 0.25) is 0 Å². The van der Waals surface area contributed by atoms with E-state index in [0.29, 0.717) is 13.0 Å². The summed E-state index contributed by atoms with van der Waals surface area (Å²) < 4.78 is 0. The molecule has 0 atom stereocenters. The smallest absolute Gasteiger partial charge is 0.246 e. The fourth-order valence-electron chi connectivity index (χ4n) is 1.01. The molecular formula is C7H13NO2. The molecule has 0 spiro atoms. The first-order chi connectivity index (χ1) is 4.72. The van der Waals surface area contributed by atoms with Gasteiger partial charge in [-0.3, -0.25) is 9.63 Å². The van der Waals surface area contributed by atoms with E-state index in [1.165, 1.54) is 5.06 Å². The van der Waals surface area contributed by atoms with E-state index in [1.54, 1.807) is 0 Å². The van der Waals surface area contributed by atoms with Crippen molar-refractivity contribution < 1.29 is 9.63 Å². The average molecular weight is 143 g/mol. The standard InChI is InChI=1S/C7H13NO2/c1-6(2)8-7(9)4-3-5-10-8/h6H,3-5H2,1-2H3. The van der Waals surface area contributed by atoms with Crippen LogP contribution in [0.1, 0.15) is 26.7 Å². The molecule has 0 aromatic carbocycles. The van der Waals surface area contributed by atoms with Gasteiger partial charge in [-0.2, -0.15) is 0 Å². The third-order valence-corrected chi connectivity index (χ3v) is 1.48. The summed E-state index contributed by atoms with van der Waals surface area (Å²) in [6.45, 7) is 4.58. The number of hydrogen-bond acceptors (Lipinski definition) is 2. The highest BCUT2D eigenvalue weighted by atomic mass is 16.7. The highest BCUT2D eigenvalue weighted by molar-refractivity contribution is 5.75. The van der Waals surface area contributed by atoms with Gasteiger partial charge in [0.05, 0.1) is 12.6 Å². The zero-order valence-corrected chi connectivity index (χ0v) is 6.46. The number of carbonyl (C=O) groups is 1. The van der Waals surface area contributed by atoms with Crippen LogP contribution in [0.15, 0.2) is 0 Å². The minimum Gasteiger partial charge on any atom is -0.273 e. The monoisotopic (exact) mass is 143 g/mol. The molecule has 1 aliphatic rings. The second kappa shape index (κ2) is 3.01. The molecule has 3 nitrogen and oxygen atoms in total. The maximum atomic E-state index is 11.0. The molecule has 1 fully saturated rings. The van der Waals surface area contributed by atoms with Crippen LogP contribution in [0.5, 0.6) is 0 Å². The van der Waals surface area contributed by atoms with E-state index in [9.17, 15) is 4.79 Å². The van der Waals surface area contributed by atoms with E-state index in [0.717, 1.165) is 6.42 Å². The molecule has 1 heterocycles. The summed E-state index contributed by atoms with van der Waals surface area (Å²) in [6.07, 6.45) is 1.50. The van der Waals surface area contributed by atoms with Crippen molar-refractivity contribution in [3.63, 3.8) is 0 Å². The Labute approximate surface area is 60.9 Å². The van der Waals surface area contributed by atoms with Crippen LogP contribution in [-0.4, -0.2) is 23.6 Å². The van der Waals surface area contributed by atoms with Crippen LogP contribution in [0.25, 0.3) is 0 Å². The molecule has 58 valence electrons. The van der Waals surface area contributed by atoms with Crippen LogP contribution < -0.4 is 0 Å². The zero-order chi connectivity index (χ0) is 7.56. The van der Waals surface area contributed by atoms with Gasteiger partial charge in [0, 0.05) is 6.42 Å². The fourth-order valence-corrected chi connectivity index (χ4v) is 1.01. The Kier molecular flexibility index (Phi) is 2.27. The molecule has 0 radical (unpaired) electrons. The summed E-state index contributed by atoms with van der Waals surface area (Å²) in [5.41, 5.74) is 0. The van der Waals surface area contributed by atoms with Crippen molar-refractivity contribution in [1.82, 2.24) is 5.06 Å². The number of amides is 1. The molecule has 0 saturated carbocycles. The molecule has 0 aromatic rings. The van der Waals surface area contributed by atoms with Gasteiger partial charge in [-0.15, -0.1) is 0 Å². The Morgan fingerprint density at radius 2 is 2.30 bits per heavy atom. The lowest BCUT2D eigenvalue weighted by Gasteiger charge is -2.28. The highest BCUT2D eigenvalue weighted by Gasteiger charge is 2.21. The van der Waals surface area contributed by atoms with Gasteiger partial charge in [0.15, 0.2) is 0 Å². The lowest BCUT2D eigenvalue weighted by Crippen LogP contribution is -2.40. The number of hydroxylamine groups is 2. The zero-order valence-electron chi connectivity index (χ0n) is 6.46. The molecule has 1 rings (SSSR count). The number of hydrogen-bond donors (Lipinski definition) is 0. The van der Waals surface area contributed by atoms with Crippen molar-refractivity contribution in [2.45, 2.75) is 32.7 Å². The molecule has 0 bridgehead atoms. The van der Waals surface area contributed by atoms with Crippen LogP contribution >= 0.6 is 0 Å². The van der Waals surface area contributed by atoms with Crippen molar-refractivity contribution >= 4 is 5.91 Å². The van der Waals surface area contributed by atoms with Gasteiger partial charge in [0.25, 0.3) is 0 Å². The van der Waals surface area contributed by atoms with Gasteiger partial charge >= 0.3 is 0 Å². The van der Waals surface area contributed by atoms with E-state index >= 15 is 0 Å². The van der Waals surface area contributed by atoms with Gasteiger partial charge in [-0.05, 0) is 20.3 Å². The molecule has 0 aromatic heterocycles. The summed E-state index contributed by atoms with van der Waals surface area (Å²) in [6, 6.07) is 0.174. The normalized spacial score (nSPS) is 20.3. The van der Waals surface area contributed by atoms with Gasteiger partial charge in [0.2, 0.25) is 5.91 Å². The SMILES string of the molecule is CC(C)N1OCCCC1=O. The Bertz CT molecular complexity index is 134. The summed E-state index contributed by atoms with van der Waals surface area (Å²) in [4.78, 5) is 16.2. The van der Waals surface area contributed by atoms with Gasteiger partial charge < -0.3 is 0 Å². The van der Waals surface area contributed by atoms with Gasteiger partial charge in [-0.25, -0.2) is 5.06 Å². The molecule has 1 amide bonds. The first-order valence-corrected chi connectivity index (χ1v) is 3.67. The Morgan fingerprint density at radius 1 is 1.60 bits per heavy atom. The second-order valence-electron chi connectivity index (χ2n) is 2.75. The quantitative estimate of drug-likeness (QED) is 0.547. The number of nitrogens with zero attached hydrogens (tertiary/aromatic N) is 1. The van der Waals surface area contributed by atoms with Crippen molar-refractivity contribution in [3.05, 3.63) is 0 Å². The molecule has 3 heteroatoms. The van der Waals surface area contributed by atoms with E-state index < -0.39 is 0 Å². The van der Waals surface area contributed by atoms with E-state index in [2.05, 4.69) is 0 Å². The Hall–Kier alpha value is -0.570. The van der Waals surface area contributed by atoms with Crippen LogP contribution in [0, 0.1) is 0 Å². The van der Waals surface area contributed by atoms with Crippen molar-refractivity contribution in [2.24, 2.45) is 0 Å². The number of carbonyl (C=O) groups excluding carboxylic acids is 1. The fraction of sp³-hybridized carbons (Fsp3) is 0.857. The third kappa shape index (κ3) is 1.48. The van der Waals surface area contributed by atoms with E-state index in [-0.39, 0.29) is 11.9 Å². The summed E-state index contributed by atoms with van der Waals surface area (Å²) in [5.74, 6) is 0.112. The van der Waals surface area contributed by atoms with Gasteiger partial charge in [0.1, 0.15) is 0 Å². The predicted molar refractivity (Wildman–Crippen MR) is 37.2 cm³/mol. The minimum atomic E-state index is 0.112. The van der Waals surface area contributed by atoms with Crippen molar-refractivity contribution in [3.8, 4) is 0 Å². The molecule has 10 heavy (non-hydrogen) atoms. The van der Waals surface area contributed by atoms with Crippen molar-refractivity contribution in [1.29, 1.82) is 0 Å². The molecule has 0 unspecified atom stereocenters. The Balaban J connectivity index is 2.48. The summed E-state index contributed by atoms with van der Waals surface area (Å²) >= 11 is 0. The van der Waals surface area contributed by atoms with E-state index in [4.69, 9.17) is 4.84 Å². The average Bonchev–Trinajstić information content (AvgIpc) is 1.88. The molecule has 0 N–H and O–H groups in total. The van der Waals surface area contributed by atoms with Gasteiger partial charge in [-0.1, -0.05) is 0 Å². The summed E-state index contributed by atoms with van der Waals surface area (Å²) in [5, 5.41) is 1.46. The second-order valence-corrected chi connectivity index (χ2v) is 2.75.